The molecule has 96 valence electrons. The van der Waals surface area contributed by atoms with Crippen LogP contribution >= 0.6 is 35.4 Å². The zero-order chi connectivity index (χ0) is 13.3. The highest BCUT2D eigenvalue weighted by Crippen LogP contribution is 2.30. The van der Waals surface area contributed by atoms with E-state index in [1.54, 1.807) is 25.1 Å². The predicted molar refractivity (Wildman–Crippen MR) is 73.1 cm³/mol. The molecule has 3 N–H and O–H groups in total. The number of nitrogens with one attached hydrogen (secondary N) is 1. The van der Waals surface area contributed by atoms with Gasteiger partial charge in [0.2, 0.25) is 4.77 Å². The molecule has 18 heavy (non-hydrogen) atoms. The number of aromatic nitrogens is 3. The van der Waals surface area contributed by atoms with Crippen molar-refractivity contribution < 1.29 is 4.74 Å². The average Bonchev–Trinajstić information content (AvgIpc) is 2.64. The molecule has 0 aliphatic rings. The first kappa shape index (κ1) is 13.2. The molecule has 5 nitrogen and oxygen atoms in total. The smallest absolute Gasteiger partial charge is 0.214 e. The molecule has 2 aromatic rings. The van der Waals surface area contributed by atoms with Crippen LogP contribution < -0.4 is 10.6 Å². The summed E-state index contributed by atoms with van der Waals surface area (Å²) in [4.78, 5) is 0. The summed E-state index contributed by atoms with van der Waals surface area (Å²) in [5.41, 5.74) is 0. The number of H-pyrrole nitrogens is 1. The second-order valence-corrected chi connectivity index (χ2v) is 4.82. The fraction of sp³-hybridized carbons (Fsp3) is 0.200. The maximum atomic E-state index is 6.01. The molecule has 0 spiro atoms. The molecule has 0 aliphatic heterocycles. The van der Waals surface area contributed by atoms with Crippen molar-refractivity contribution in [1.29, 1.82) is 0 Å². The minimum atomic E-state index is -0.401. The Morgan fingerprint density at radius 2 is 2.22 bits per heavy atom. The largest absolute Gasteiger partial charge is 0.481 e. The lowest BCUT2D eigenvalue weighted by Crippen LogP contribution is -2.17. The lowest BCUT2D eigenvalue weighted by atomic mass is 10.3. The third kappa shape index (κ3) is 2.60. The number of aromatic amines is 1. The van der Waals surface area contributed by atoms with Gasteiger partial charge >= 0.3 is 0 Å². The molecule has 0 saturated heterocycles. The lowest BCUT2D eigenvalue weighted by molar-refractivity contribution is 0.213. The summed E-state index contributed by atoms with van der Waals surface area (Å²) in [5, 5.41) is 7.54. The van der Waals surface area contributed by atoms with Gasteiger partial charge in [-0.1, -0.05) is 23.2 Å². The maximum absolute atomic E-state index is 6.01. The van der Waals surface area contributed by atoms with E-state index in [0.717, 1.165) is 0 Å². The van der Waals surface area contributed by atoms with Gasteiger partial charge in [0, 0.05) is 5.02 Å². The average molecular weight is 305 g/mol. The lowest BCUT2D eigenvalue weighted by Gasteiger charge is -2.14. The van der Waals surface area contributed by atoms with Crippen LogP contribution in [0, 0.1) is 4.77 Å². The molecule has 0 amide bonds. The van der Waals surface area contributed by atoms with Crippen molar-refractivity contribution in [2.75, 3.05) is 5.84 Å². The van der Waals surface area contributed by atoms with Crippen LogP contribution in [0.4, 0.5) is 0 Å². The summed E-state index contributed by atoms with van der Waals surface area (Å²) < 4.78 is 7.24. The summed E-state index contributed by atoms with van der Waals surface area (Å²) in [6, 6.07) is 4.98. The van der Waals surface area contributed by atoms with Crippen molar-refractivity contribution >= 4 is 35.4 Å². The third-order valence-corrected chi connectivity index (χ3v) is 3.11. The normalized spacial score (nSPS) is 12.4. The topological polar surface area (TPSA) is 68.9 Å². The van der Waals surface area contributed by atoms with Crippen LogP contribution in [0.3, 0.4) is 0 Å². The van der Waals surface area contributed by atoms with Crippen molar-refractivity contribution in [1.82, 2.24) is 14.9 Å². The molecular weight excluding hydrogens is 295 g/mol. The van der Waals surface area contributed by atoms with E-state index in [9.17, 15) is 0 Å². The van der Waals surface area contributed by atoms with E-state index in [1.807, 2.05) is 0 Å². The zero-order valence-corrected chi connectivity index (χ0v) is 11.7. The summed E-state index contributed by atoms with van der Waals surface area (Å²) >= 11 is 16.7. The summed E-state index contributed by atoms with van der Waals surface area (Å²) in [7, 11) is 0. The highest BCUT2D eigenvalue weighted by molar-refractivity contribution is 7.71. The summed E-state index contributed by atoms with van der Waals surface area (Å²) in [5.74, 6) is 6.68. The van der Waals surface area contributed by atoms with Crippen LogP contribution in [0.15, 0.2) is 18.2 Å². The van der Waals surface area contributed by atoms with Gasteiger partial charge in [0.05, 0.1) is 5.02 Å². The Bertz CT molecular complexity index is 625. The molecule has 0 bridgehead atoms. The van der Waals surface area contributed by atoms with Crippen LogP contribution in [0.5, 0.6) is 5.75 Å². The Kier molecular flexibility index (Phi) is 3.79. The predicted octanol–water partition coefficient (Wildman–Crippen LogP) is 3.10. The number of benzene rings is 1. The van der Waals surface area contributed by atoms with Gasteiger partial charge in [0.15, 0.2) is 11.9 Å². The van der Waals surface area contributed by atoms with Crippen molar-refractivity contribution in [3.8, 4) is 5.75 Å². The second-order valence-electron chi connectivity index (χ2n) is 3.59. The van der Waals surface area contributed by atoms with Gasteiger partial charge in [-0.15, -0.1) is 0 Å². The standard InChI is InChI=1S/C10H10Cl2N4OS/c1-5(9-14-15-10(18)16(9)13)17-8-3-2-6(11)4-7(8)12/h2-5H,13H2,1H3,(H,15,18)/t5-/m1/s1. The molecule has 1 heterocycles. The Labute approximate surface area is 118 Å². The number of halogens is 2. The summed E-state index contributed by atoms with van der Waals surface area (Å²) in [6.45, 7) is 1.79. The first-order valence-electron chi connectivity index (χ1n) is 5.03. The molecule has 0 saturated carbocycles. The zero-order valence-electron chi connectivity index (χ0n) is 9.35. The fourth-order valence-electron chi connectivity index (χ4n) is 1.42. The van der Waals surface area contributed by atoms with E-state index < -0.39 is 6.10 Å². The number of hydrogen-bond donors (Lipinski definition) is 2. The van der Waals surface area contributed by atoms with Gasteiger partial charge in [0.1, 0.15) is 5.75 Å². The number of ether oxygens (including phenoxy) is 1. The molecule has 2 rings (SSSR count). The number of nitrogens with two attached hydrogens (primary N) is 1. The van der Waals surface area contributed by atoms with Crippen LogP contribution in [0.25, 0.3) is 0 Å². The van der Waals surface area contributed by atoms with Crippen LogP contribution in [-0.4, -0.2) is 14.9 Å². The Balaban J connectivity index is 2.24. The van der Waals surface area contributed by atoms with E-state index in [1.165, 1.54) is 4.68 Å². The molecule has 1 aromatic heterocycles. The molecule has 0 radical (unpaired) electrons. The van der Waals surface area contributed by atoms with Gasteiger partial charge in [-0.25, -0.2) is 4.68 Å². The Morgan fingerprint density at radius 3 is 2.78 bits per heavy atom. The molecule has 1 atom stereocenters. The van der Waals surface area contributed by atoms with Gasteiger partial charge in [0.25, 0.3) is 0 Å². The first-order valence-corrected chi connectivity index (χ1v) is 6.19. The van der Waals surface area contributed by atoms with Crippen molar-refractivity contribution in [3.63, 3.8) is 0 Å². The van der Waals surface area contributed by atoms with Crippen LogP contribution in [0.1, 0.15) is 18.9 Å². The Morgan fingerprint density at radius 1 is 1.50 bits per heavy atom. The number of rotatable bonds is 3. The van der Waals surface area contributed by atoms with Crippen LogP contribution in [-0.2, 0) is 0 Å². The van der Waals surface area contributed by atoms with Crippen molar-refractivity contribution in [2.24, 2.45) is 0 Å². The minimum Gasteiger partial charge on any atom is -0.481 e. The molecule has 1 aromatic carbocycles. The van der Waals surface area contributed by atoms with Crippen LogP contribution in [0.2, 0.25) is 10.0 Å². The molecule has 0 aliphatic carbocycles. The minimum absolute atomic E-state index is 0.322. The third-order valence-electron chi connectivity index (χ3n) is 2.29. The monoisotopic (exact) mass is 304 g/mol. The van der Waals surface area contributed by atoms with Gasteiger partial charge in [-0.2, -0.15) is 5.10 Å². The fourth-order valence-corrected chi connectivity index (χ4v) is 2.01. The van der Waals surface area contributed by atoms with E-state index in [2.05, 4.69) is 10.2 Å². The van der Waals surface area contributed by atoms with Crippen molar-refractivity contribution in [3.05, 3.63) is 38.8 Å². The summed E-state index contributed by atoms with van der Waals surface area (Å²) in [6.07, 6.45) is -0.401. The highest BCUT2D eigenvalue weighted by atomic mass is 35.5. The first-order chi connectivity index (χ1) is 8.49. The van der Waals surface area contributed by atoms with Gasteiger partial charge < -0.3 is 10.6 Å². The molecule has 0 unspecified atom stereocenters. The molecule has 0 fully saturated rings. The number of hydrogen-bond acceptors (Lipinski definition) is 4. The molecular formula is C10H10Cl2N4OS. The number of nitrogen functional groups attached to an aromatic ring is 1. The van der Waals surface area contributed by atoms with E-state index in [4.69, 9.17) is 46.0 Å². The van der Waals surface area contributed by atoms with Crippen molar-refractivity contribution in [2.45, 2.75) is 13.0 Å². The number of nitrogens with zero attached hydrogens (tertiary/aromatic N) is 2. The SMILES string of the molecule is C[C@@H](Oc1ccc(Cl)cc1Cl)c1n[nH]c(=S)n1N. The second kappa shape index (κ2) is 5.17. The van der Waals surface area contributed by atoms with Gasteiger partial charge in [-0.05, 0) is 37.3 Å². The molecule has 8 heteroatoms. The maximum Gasteiger partial charge on any atom is 0.214 e. The van der Waals surface area contributed by atoms with E-state index in [-0.39, 0.29) is 0 Å². The Hall–Kier alpha value is -1.24. The highest BCUT2D eigenvalue weighted by Gasteiger charge is 2.16. The quantitative estimate of drug-likeness (QED) is 0.675. The van der Waals surface area contributed by atoms with Gasteiger partial charge in [-0.3, -0.25) is 5.10 Å². The van der Waals surface area contributed by atoms with E-state index >= 15 is 0 Å². The van der Waals surface area contributed by atoms with E-state index in [0.29, 0.717) is 26.4 Å².